The summed E-state index contributed by atoms with van der Waals surface area (Å²) >= 11 is 0. The summed E-state index contributed by atoms with van der Waals surface area (Å²) in [4.78, 5) is 4.19. The highest BCUT2D eigenvalue weighted by Gasteiger charge is 2.24. The molecule has 1 aromatic heterocycles. The predicted molar refractivity (Wildman–Crippen MR) is 59.1 cm³/mol. The maximum Gasteiger partial charge on any atom is 0.0953 e. The van der Waals surface area contributed by atoms with E-state index in [1.54, 1.807) is 0 Å². The van der Waals surface area contributed by atoms with Crippen LogP contribution in [0.4, 0.5) is 0 Å². The quantitative estimate of drug-likeness (QED) is 0.802. The van der Waals surface area contributed by atoms with Crippen LogP contribution in [-0.4, -0.2) is 9.55 Å². The Balaban J connectivity index is 3.10. The number of hydrogen-bond donors (Lipinski definition) is 1. The van der Waals surface area contributed by atoms with E-state index in [0.717, 1.165) is 18.5 Å². The van der Waals surface area contributed by atoms with Gasteiger partial charge in [0, 0.05) is 17.8 Å². The van der Waals surface area contributed by atoms with Gasteiger partial charge in [-0.3, -0.25) is 0 Å². The lowest BCUT2D eigenvalue weighted by Gasteiger charge is -2.31. The number of aromatic nitrogens is 2. The molecule has 1 atom stereocenters. The third-order valence-electron chi connectivity index (χ3n) is 3.24. The molecule has 0 unspecified atom stereocenters. The topological polar surface area (TPSA) is 43.8 Å². The first kappa shape index (κ1) is 11.2. The van der Waals surface area contributed by atoms with Gasteiger partial charge in [0.2, 0.25) is 0 Å². The van der Waals surface area contributed by atoms with Crippen LogP contribution in [-0.2, 0) is 5.54 Å². The second-order valence-electron chi connectivity index (χ2n) is 4.18. The average Bonchev–Trinajstić information content (AvgIpc) is 2.65. The zero-order valence-electron chi connectivity index (χ0n) is 9.62. The second-order valence-corrected chi connectivity index (χ2v) is 4.18. The maximum atomic E-state index is 5.90. The van der Waals surface area contributed by atoms with Gasteiger partial charge in [-0.25, -0.2) is 4.98 Å². The van der Waals surface area contributed by atoms with Crippen molar-refractivity contribution in [2.24, 2.45) is 5.73 Å². The number of nitrogens with zero attached hydrogens (tertiary/aromatic N) is 2. The van der Waals surface area contributed by atoms with Gasteiger partial charge in [0.1, 0.15) is 0 Å². The fourth-order valence-corrected chi connectivity index (χ4v) is 1.68. The lowest BCUT2D eigenvalue weighted by atomic mass is 9.94. The van der Waals surface area contributed by atoms with Crippen molar-refractivity contribution >= 4 is 0 Å². The van der Waals surface area contributed by atoms with E-state index in [4.69, 9.17) is 5.73 Å². The lowest BCUT2D eigenvalue weighted by Crippen LogP contribution is -2.31. The van der Waals surface area contributed by atoms with E-state index >= 15 is 0 Å². The summed E-state index contributed by atoms with van der Waals surface area (Å²) in [5.74, 6) is 0. The molecule has 3 nitrogen and oxygen atoms in total. The number of nitrogens with two attached hydrogens (primary N) is 1. The highest BCUT2D eigenvalue weighted by molar-refractivity contribution is 5.07. The van der Waals surface area contributed by atoms with Gasteiger partial charge in [0.05, 0.1) is 12.0 Å². The summed E-state index contributed by atoms with van der Waals surface area (Å²) in [7, 11) is 0. The Labute approximate surface area is 86.3 Å². The molecule has 0 aliphatic carbocycles. The van der Waals surface area contributed by atoms with Gasteiger partial charge in [-0.2, -0.15) is 0 Å². The summed E-state index contributed by atoms with van der Waals surface area (Å²) < 4.78 is 2.22. The van der Waals surface area contributed by atoms with E-state index in [1.165, 1.54) is 0 Å². The lowest BCUT2D eigenvalue weighted by molar-refractivity contribution is 0.282. The molecule has 1 aromatic rings. The van der Waals surface area contributed by atoms with E-state index in [2.05, 4.69) is 30.3 Å². The molecule has 3 heteroatoms. The predicted octanol–water partition coefficient (Wildman–Crippen LogP) is 2.44. The Morgan fingerprint density at radius 1 is 1.50 bits per heavy atom. The molecule has 0 saturated heterocycles. The van der Waals surface area contributed by atoms with Crippen molar-refractivity contribution in [1.29, 1.82) is 0 Å². The first-order chi connectivity index (χ1) is 6.55. The van der Waals surface area contributed by atoms with Crippen molar-refractivity contribution in [2.75, 3.05) is 0 Å². The van der Waals surface area contributed by atoms with Crippen LogP contribution in [0.5, 0.6) is 0 Å². The van der Waals surface area contributed by atoms with Crippen LogP contribution in [0, 0.1) is 0 Å². The van der Waals surface area contributed by atoms with Gasteiger partial charge in [0.25, 0.3) is 0 Å². The number of imidazole rings is 1. The Hall–Kier alpha value is -0.830. The molecule has 0 radical (unpaired) electrons. The highest BCUT2D eigenvalue weighted by atomic mass is 15.1. The molecule has 0 spiro atoms. The van der Waals surface area contributed by atoms with E-state index in [0.29, 0.717) is 0 Å². The van der Waals surface area contributed by atoms with Crippen LogP contribution in [0.15, 0.2) is 12.5 Å². The van der Waals surface area contributed by atoms with Crippen LogP contribution in [0.1, 0.15) is 52.3 Å². The summed E-state index contributed by atoms with van der Waals surface area (Å²) in [6.45, 7) is 8.66. The monoisotopic (exact) mass is 195 g/mol. The molecule has 0 fully saturated rings. The minimum Gasteiger partial charge on any atom is -0.327 e. The van der Waals surface area contributed by atoms with Crippen molar-refractivity contribution in [1.82, 2.24) is 9.55 Å². The second kappa shape index (κ2) is 4.13. The Bertz CT molecular complexity index is 284. The van der Waals surface area contributed by atoms with Crippen molar-refractivity contribution < 1.29 is 0 Å². The summed E-state index contributed by atoms with van der Waals surface area (Å²) in [6.07, 6.45) is 5.96. The number of rotatable bonds is 4. The van der Waals surface area contributed by atoms with Gasteiger partial charge < -0.3 is 10.3 Å². The van der Waals surface area contributed by atoms with Crippen LogP contribution in [0.2, 0.25) is 0 Å². The van der Waals surface area contributed by atoms with Crippen molar-refractivity contribution in [3.05, 3.63) is 18.2 Å². The van der Waals surface area contributed by atoms with Crippen molar-refractivity contribution in [3.8, 4) is 0 Å². The van der Waals surface area contributed by atoms with E-state index in [1.807, 2.05) is 19.4 Å². The Kier molecular flexibility index (Phi) is 3.32. The molecule has 1 heterocycles. The standard InChI is InChI=1S/C11H21N3/c1-5-11(4,6-2)14-8-13-7-10(14)9(3)12/h7-9H,5-6,12H2,1-4H3/t9-/m1/s1. The molecule has 0 amide bonds. The third kappa shape index (κ3) is 1.82. The maximum absolute atomic E-state index is 5.90. The molecule has 14 heavy (non-hydrogen) atoms. The first-order valence-electron chi connectivity index (χ1n) is 5.33. The SMILES string of the molecule is CCC(C)(CC)n1cncc1[C@@H](C)N. The average molecular weight is 195 g/mol. The van der Waals surface area contributed by atoms with E-state index < -0.39 is 0 Å². The third-order valence-corrected chi connectivity index (χ3v) is 3.24. The highest BCUT2D eigenvalue weighted by Crippen LogP contribution is 2.27. The van der Waals surface area contributed by atoms with Gasteiger partial charge in [-0.1, -0.05) is 13.8 Å². The smallest absolute Gasteiger partial charge is 0.0953 e. The first-order valence-corrected chi connectivity index (χ1v) is 5.33. The fraction of sp³-hybridized carbons (Fsp3) is 0.727. The van der Waals surface area contributed by atoms with Gasteiger partial charge >= 0.3 is 0 Å². The van der Waals surface area contributed by atoms with Crippen molar-refractivity contribution in [2.45, 2.75) is 52.1 Å². The minimum absolute atomic E-state index is 0.0509. The normalized spacial score (nSPS) is 14.4. The van der Waals surface area contributed by atoms with Crippen LogP contribution in [0.3, 0.4) is 0 Å². The van der Waals surface area contributed by atoms with Crippen LogP contribution < -0.4 is 5.73 Å². The molecule has 0 aromatic carbocycles. The molecular weight excluding hydrogens is 174 g/mol. The summed E-state index contributed by atoms with van der Waals surface area (Å²) in [6, 6.07) is 0.0509. The zero-order chi connectivity index (χ0) is 10.8. The van der Waals surface area contributed by atoms with E-state index in [-0.39, 0.29) is 11.6 Å². The van der Waals surface area contributed by atoms with Gasteiger partial charge in [0.15, 0.2) is 0 Å². The van der Waals surface area contributed by atoms with E-state index in [9.17, 15) is 0 Å². The Morgan fingerprint density at radius 2 is 2.07 bits per heavy atom. The molecule has 80 valence electrons. The summed E-state index contributed by atoms with van der Waals surface area (Å²) in [5, 5.41) is 0. The molecule has 0 aliphatic heterocycles. The molecule has 0 saturated carbocycles. The molecule has 0 aliphatic rings. The fourth-order valence-electron chi connectivity index (χ4n) is 1.68. The molecule has 2 N–H and O–H groups in total. The summed E-state index contributed by atoms with van der Waals surface area (Å²) in [5.41, 5.74) is 7.18. The molecule has 1 rings (SSSR count). The van der Waals surface area contributed by atoms with Crippen LogP contribution >= 0.6 is 0 Å². The van der Waals surface area contributed by atoms with Crippen LogP contribution in [0.25, 0.3) is 0 Å². The molecular formula is C11H21N3. The van der Waals surface area contributed by atoms with Gasteiger partial charge in [-0.15, -0.1) is 0 Å². The Morgan fingerprint density at radius 3 is 2.50 bits per heavy atom. The number of hydrogen-bond acceptors (Lipinski definition) is 2. The minimum atomic E-state index is 0.0509. The zero-order valence-corrected chi connectivity index (χ0v) is 9.62. The largest absolute Gasteiger partial charge is 0.327 e. The van der Waals surface area contributed by atoms with Crippen molar-refractivity contribution in [3.63, 3.8) is 0 Å². The van der Waals surface area contributed by atoms with Gasteiger partial charge in [-0.05, 0) is 26.7 Å². The molecule has 0 bridgehead atoms.